The first kappa shape index (κ1) is 11.9. The zero-order valence-corrected chi connectivity index (χ0v) is 10.5. The number of aromatic nitrogens is 2. The molecule has 1 aromatic heterocycles. The minimum Gasteiger partial charge on any atom is -0.353 e. The lowest BCUT2D eigenvalue weighted by atomic mass is 10.2. The number of amides is 1. The maximum Gasteiger partial charge on any atom is 0.258 e. The summed E-state index contributed by atoms with van der Waals surface area (Å²) < 4.78 is 0. The molecule has 0 unspecified atom stereocenters. The van der Waals surface area contributed by atoms with Gasteiger partial charge in [-0.1, -0.05) is 12.1 Å². The van der Waals surface area contributed by atoms with E-state index in [1.54, 1.807) is 12.1 Å². The lowest BCUT2D eigenvalue weighted by Gasteiger charge is -2.04. The van der Waals surface area contributed by atoms with Crippen LogP contribution in [0.25, 0.3) is 10.9 Å². The van der Waals surface area contributed by atoms with Gasteiger partial charge in [-0.15, -0.1) is 0 Å². The molecular weight excluding hydrogens is 242 g/mol. The molecule has 2 N–H and O–H groups in total. The van der Waals surface area contributed by atoms with E-state index in [1.165, 1.54) is 0 Å². The highest BCUT2D eigenvalue weighted by atomic mass is 16.1. The normalized spacial score (nSPS) is 14.5. The Kier molecular flexibility index (Phi) is 3.03. The first-order valence-electron chi connectivity index (χ1n) is 6.50. The molecule has 5 nitrogen and oxygen atoms in total. The van der Waals surface area contributed by atoms with Gasteiger partial charge < -0.3 is 10.3 Å². The van der Waals surface area contributed by atoms with E-state index in [9.17, 15) is 9.59 Å². The highest BCUT2D eigenvalue weighted by molar-refractivity contribution is 5.78. The second kappa shape index (κ2) is 4.84. The van der Waals surface area contributed by atoms with E-state index >= 15 is 0 Å². The number of nitrogens with zero attached hydrogens (tertiary/aromatic N) is 1. The van der Waals surface area contributed by atoms with Crippen molar-refractivity contribution < 1.29 is 4.79 Å². The molecule has 0 aliphatic heterocycles. The smallest absolute Gasteiger partial charge is 0.258 e. The minimum atomic E-state index is -0.150. The average Bonchev–Trinajstić information content (AvgIpc) is 3.20. The second-order valence-electron chi connectivity index (χ2n) is 4.87. The fourth-order valence-corrected chi connectivity index (χ4v) is 2.01. The molecule has 0 spiro atoms. The molecule has 1 fully saturated rings. The predicted molar refractivity (Wildman–Crippen MR) is 71.8 cm³/mol. The summed E-state index contributed by atoms with van der Waals surface area (Å²) in [5, 5.41) is 3.49. The van der Waals surface area contributed by atoms with Crippen molar-refractivity contribution in [3.8, 4) is 0 Å². The molecule has 3 rings (SSSR count). The highest BCUT2D eigenvalue weighted by Crippen LogP contribution is 2.18. The van der Waals surface area contributed by atoms with Gasteiger partial charge >= 0.3 is 0 Å². The molecule has 1 heterocycles. The van der Waals surface area contributed by atoms with Crippen LogP contribution in [0.4, 0.5) is 0 Å². The molecule has 0 radical (unpaired) electrons. The Hall–Kier alpha value is -2.17. The molecule has 0 bridgehead atoms. The van der Waals surface area contributed by atoms with Gasteiger partial charge in [-0.25, -0.2) is 4.98 Å². The molecule has 1 aromatic carbocycles. The van der Waals surface area contributed by atoms with Gasteiger partial charge in [-0.3, -0.25) is 9.59 Å². The molecule has 1 amide bonds. The summed E-state index contributed by atoms with van der Waals surface area (Å²) in [6.07, 6.45) is 2.98. The van der Waals surface area contributed by atoms with Gasteiger partial charge in [0.1, 0.15) is 5.82 Å². The van der Waals surface area contributed by atoms with Crippen LogP contribution >= 0.6 is 0 Å². The van der Waals surface area contributed by atoms with E-state index in [4.69, 9.17) is 0 Å². The number of carbonyl (C=O) groups is 1. The van der Waals surface area contributed by atoms with Gasteiger partial charge in [0.25, 0.3) is 5.56 Å². The quantitative estimate of drug-likeness (QED) is 0.862. The maximum absolute atomic E-state index is 11.8. The zero-order valence-electron chi connectivity index (χ0n) is 10.5. The first-order chi connectivity index (χ1) is 9.22. The van der Waals surface area contributed by atoms with Crippen molar-refractivity contribution in [2.45, 2.75) is 31.7 Å². The predicted octanol–water partition coefficient (Wildman–Crippen LogP) is 1.13. The van der Waals surface area contributed by atoms with E-state index in [2.05, 4.69) is 15.3 Å². The van der Waals surface area contributed by atoms with Gasteiger partial charge in [0.2, 0.25) is 5.91 Å². The number of hydrogen-bond donors (Lipinski definition) is 2. The summed E-state index contributed by atoms with van der Waals surface area (Å²) in [5.41, 5.74) is 0.520. The number of fused-ring (bicyclic) bond motifs is 1. The number of carbonyl (C=O) groups excluding carboxylic acids is 1. The van der Waals surface area contributed by atoms with Gasteiger partial charge in [-0.05, 0) is 25.0 Å². The molecule has 1 aliphatic carbocycles. The Morgan fingerprint density at radius 3 is 2.95 bits per heavy atom. The van der Waals surface area contributed by atoms with Crippen LogP contribution in [-0.2, 0) is 11.2 Å². The number of rotatable bonds is 4. The van der Waals surface area contributed by atoms with Crippen LogP contribution in [-0.4, -0.2) is 21.9 Å². The van der Waals surface area contributed by atoms with Crippen LogP contribution in [0.15, 0.2) is 29.1 Å². The molecule has 19 heavy (non-hydrogen) atoms. The molecular formula is C14H15N3O2. The van der Waals surface area contributed by atoms with E-state index in [-0.39, 0.29) is 11.5 Å². The lowest BCUT2D eigenvalue weighted by Crippen LogP contribution is -2.26. The topological polar surface area (TPSA) is 74.8 Å². The van der Waals surface area contributed by atoms with Crippen LogP contribution in [0, 0.1) is 0 Å². The largest absolute Gasteiger partial charge is 0.353 e. The number of H-pyrrole nitrogens is 1. The van der Waals surface area contributed by atoms with Crippen LogP contribution in [0.2, 0.25) is 0 Å². The summed E-state index contributed by atoms with van der Waals surface area (Å²) in [4.78, 5) is 30.5. The number of benzene rings is 1. The van der Waals surface area contributed by atoms with Gasteiger partial charge in [0, 0.05) is 18.9 Å². The number of para-hydroxylation sites is 1. The number of aromatic amines is 1. The highest BCUT2D eigenvalue weighted by Gasteiger charge is 2.22. The van der Waals surface area contributed by atoms with Crippen molar-refractivity contribution >= 4 is 16.8 Å². The number of aryl methyl sites for hydroxylation is 1. The van der Waals surface area contributed by atoms with E-state index in [0.29, 0.717) is 35.6 Å². The van der Waals surface area contributed by atoms with E-state index < -0.39 is 0 Å². The lowest BCUT2D eigenvalue weighted by molar-refractivity contribution is -0.121. The molecule has 0 saturated heterocycles. The molecule has 1 saturated carbocycles. The SMILES string of the molecule is O=C(CCc1nc2ccccc2c(=O)[nH]1)NC1CC1. The summed E-state index contributed by atoms with van der Waals surface area (Å²) in [6, 6.07) is 7.57. The van der Waals surface area contributed by atoms with Crippen LogP contribution in [0.1, 0.15) is 25.1 Å². The average molecular weight is 257 g/mol. The summed E-state index contributed by atoms with van der Waals surface area (Å²) in [7, 11) is 0. The monoisotopic (exact) mass is 257 g/mol. The Labute approximate surface area is 110 Å². The number of nitrogens with one attached hydrogen (secondary N) is 2. The zero-order chi connectivity index (χ0) is 13.2. The van der Waals surface area contributed by atoms with Crippen molar-refractivity contribution in [1.29, 1.82) is 0 Å². The maximum atomic E-state index is 11.8. The van der Waals surface area contributed by atoms with Crippen molar-refractivity contribution in [3.05, 3.63) is 40.4 Å². The Morgan fingerprint density at radius 2 is 2.16 bits per heavy atom. The Bertz CT molecular complexity index is 674. The minimum absolute atomic E-state index is 0.0262. The molecule has 0 atom stereocenters. The van der Waals surface area contributed by atoms with Crippen molar-refractivity contribution in [2.24, 2.45) is 0 Å². The fourth-order valence-electron chi connectivity index (χ4n) is 2.01. The van der Waals surface area contributed by atoms with Crippen molar-refractivity contribution in [1.82, 2.24) is 15.3 Å². The third-order valence-corrected chi connectivity index (χ3v) is 3.19. The first-order valence-corrected chi connectivity index (χ1v) is 6.50. The van der Waals surface area contributed by atoms with Crippen molar-refractivity contribution in [2.75, 3.05) is 0 Å². The van der Waals surface area contributed by atoms with Crippen LogP contribution in [0.3, 0.4) is 0 Å². The Morgan fingerprint density at radius 1 is 1.37 bits per heavy atom. The summed E-state index contributed by atoms with van der Waals surface area (Å²) in [5.74, 6) is 0.591. The second-order valence-corrected chi connectivity index (χ2v) is 4.87. The van der Waals surface area contributed by atoms with Crippen LogP contribution in [0.5, 0.6) is 0 Å². The van der Waals surface area contributed by atoms with E-state index in [1.807, 2.05) is 12.1 Å². The molecule has 98 valence electrons. The Balaban J connectivity index is 1.73. The number of hydrogen-bond acceptors (Lipinski definition) is 3. The van der Waals surface area contributed by atoms with Gasteiger partial charge in [0.15, 0.2) is 0 Å². The van der Waals surface area contributed by atoms with Gasteiger partial charge in [-0.2, -0.15) is 0 Å². The standard InChI is InChI=1S/C14H15N3O2/c18-13(15-9-5-6-9)8-7-12-16-11-4-2-1-3-10(11)14(19)17-12/h1-4,9H,5-8H2,(H,15,18)(H,16,17,19). The van der Waals surface area contributed by atoms with Crippen LogP contribution < -0.4 is 10.9 Å². The molecule has 5 heteroatoms. The third-order valence-electron chi connectivity index (χ3n) is 3.19. The molecule has 2 aromatic rings. The van der Waals surface area contributed by atoms with Gasteiger partial charge in [0.05, 0.1) is 10.9 Å². The van der Waals surface area contributed by atoms with Crippen molar-refractivity contribution in [3.63, 3.8) is 0 Å². The summed E-state index contributed by atoms with van der Waals surface area (Å²) >= 11 is 0. The molecule has 1 aliphatic rings. The van der Waals surface area contributed by atoms with E-state index in [0.717, 1.165) is 12.8 Å². The third kappa shape index (κ3) is 2.81. The summed E-state index contributed by atoms with van der Waals surface area (Å²) in [6.45, 7) is 0. The fraction of sp³-hybridized carbons (Fsp3) is 0.357.